The van der Waals surface area contributed by atoms with Crippen LogP contribution in [0.3, 0.4) is 0 Å². The zero-order chi connectivity index (χ0) is 31.4. The molecule has 0 unspecified atom stereocenters. The monoisotopic (exact) mass is 624 g/mol. The van der Waals surface area contributed by atoms with Crippen LogP contribution in [-0.2, 0) is 19.4 Å². The third-order valence-electron chi connectivity index (χ3n) is 13.4. The summed E-state index contributed by atoms with van der Waals surface area (Å²) >= 11 is 0. The first kappa shape index (κ1) is 32.0. The van der Waals surface area contributed by atoms with Crippen LogP contribution in [0.4, 0.5) is 0 Å². The first-order chi connectivity index (χ1) is 20.9. The maximum absolute atomic E-state index is 13.0. The van der Waals surface area contributed by atoms with Crippen molar-refractivity contribution in [2.24, 2.45) is 52.3 Å². The van der Waals surface area contributed by atoms with Gasteiger partial charge in [-0.05, 0) is 127 Å². The van der Waals surface area contributed by atoms with Crippen LogP contribution in [-0.4, -0.2) is 49.2 Å². The zero-order valence-electron chi connectivity index (χ0n) is 27.0. The van der Waals surface area contributed by atoms with E-state index < -0.39 is 21.6 Å². The average Bonchev–Trinajstić information content (AvgIpc) is 3.35. The van der Waals surface area contributed by atoms with E-state index in [1.54, 1.807) is 18.2 Å². The highest BCUT2D eigenvalue weighted by Gasteiger charge is 2.64. The van der Waals surface area contributed by atoms with Gasteiger partial charge in [-0.1, -0.05) is 64.4 Å². The predicted molar refractivity (Wildman–Crippen MR) is 173 cm³/mol. The summed E-state index contributed by atoms with van der Waals surface area (Å²) in [5.41, 5.74) is 0.330. The van der Waals surface area contributed by atoms with Gasteiger partial charge in [0.2, 0.25) is 0 Å². The molecule has 0 aromatic heterocycles. The van der Waals surface area contributed by atoms with Gasteiger partial charge in [0.05, 0.1) is 23.7 Å². The highest BCUT2D eigenvalue weighted by molar-refractivity contribution is 7.92. The van der Waals surface area contributed by atoms with E-state index in [9.17, 15) is 23.4 Å². The quantitative estimate of drug-likeness (QED) is 0.313. The largest absolute Gasteiger partial charge is 0.465 e. The fraction of sp³-hybridized carbons (Fsp3) is 0.703. The number of rotatable bonds is 8. The Morgan fingerprint density at radius 3 is 2.41 bits per heavy atom. The Hall–Kier alpha value is -1.96. The van der Waals surface area contributed by atoms with Crippen LogP contribution in [0.1, 0.15) is 85.5 Å². The lowest BCUT2D eigenvalue weighted by Gasteiger charge is -2.64. The Labute approximate surface area is 263 Å². The summed E-state index contributed by atoms with van der Waals surface area (Å²) in [4.78, 5) is 12.8. The van der Waals surface area contributed by atoms with Crippen LogP contribution in [0, 0.1) is 52.3 Å². The average molecular weight is 625 g/mol. The second-order valence-corrected chi connectivity index (χ2v) is 17.4. The molecular weight excluding hydrogens is 572 g/mol. The number of sulfone groups is 1. The van der Waals surface area contributed by atoms with Gasteiger partial charge in [0.15, 0.2) is 15.6 Å². The fourth-order valence-electron chi connectivity index (χ4n) is 11.1. The first-order valence-electron chi connectivity index (χ1n) is 17.1. The summed E-state index contributed by atoms with van der Waals surface area (Å²) in [5, 5.41) is 24.3. The first-order valence-corrected chi connectivity index (χ1v) is 18.8. The number of esters is 1. The summed E-state index contributed by atoms with van der Waals surface area (Å²) in [5.74, 6) is 1.42. The van der Waals surface area contributed by atoms with Crippen LogP contribution < -0.4 is 0 Å². The second kappa shape index (κ2) is 12.0. The molecule has 4 aliphatic carbocycles. The molecule has 6 rings (SSSR count). The van der Waals surface area contributed by atoms with Crippen molar-refractivity contribution in [3.8, 4) is 0 Å². The molecule has 4 aliphatic rings. The van der Waals surface area contributed by atoms with Crippen molar-refractivity contribution in [3.05, 3.63) is 42.5 Å². The van der Waals surface area contributed by atoms with E-state index in [2.05, 4.69) is 27.7 Å². The van der Waals surface area contributed by atoms with Gasteiger partial charge in [-0.2, -0.15) is 0 Å². The molecule has 2 N–H and O–H groups in total. The Kier molecular flexibility index (Phi) is 8.73. The van der Waals surface area contributed by atoms with Gasteiger partial charge in [0.25, 0.3) is 0 Å². The van der Waals surface area contributed by atoms with Gasteiger partial charge in [-0.3, -0.25) is 4.79 Å². The minimum absolute atomic E-state index is 0.140. The number of aliphatic hydroxyl groups is 2. The SMILES string of the molecule is CC[C@H]1[C@@H](O)[C@@H]2[C@H](CC[C@]3(C)[C@@H]([C@H](C)CCOC(=O)CS(=O)(=O)c4ccc5ccccc5c4)CC[C@@H]23)[C@@]2(C)CC[C@@H](O)C[C@@H]12. The van der Waals surface area contributed by atoms with Gasteiger partial charge in [-0.15, -0.1) is 0 Å². The molecule has 7 heteroatoms. The molecule has 242 valence electrons. The number of fused-ring (bicyclic) bond motifs is 6. The molecule has 0 saturated heterocycles. The highest BCUT2D eigenvalue weighted by Crippen LogP contribution is 2.69. The van der Waals surface area contributed by atoms with Gasteiger partial charge in [0, 0.05) is 0 Å². The second-order valence-electron chi connectivity index (χ2n) is 15.4. The number of ether oxygens (including phenoxy) is 1. The van der Waals surface area contributed by atoms with Gasteiger partial charge >= 0.3 is 5.97 Å². The molecule has 0 bridgehead atoms. The Balaban J connectivity index is 1.08. The van der Waals surface area contributed by atoms with E-state index in [-0.39, 0.29) is 40.5 Å². The smallest absolute Gasteiger partial charge is 0.321 e. The summed E-state index contributed by atoms with van der Waals surface area (Å²) in [6.45, 7) is 9.62. The fourth-order valence-corrected chi connectivity index (χ4v) is 12.3. The number of aliphatic hydroxyl groups excluding tert-OH is 2. The molecule has 0 amide bonds. The van der Waals surface area contributed by atoms with E-state index >= 15 is 0 Å². The third kappa shape index (κ3) is 5.43. The standard InChI is InChI=1S/C37H52O6S/c1-5-28-32-21-26(38)14-17-37(32,4)31-15-18-36(3)29(12-13-30(36)34(31)35(28)40)23(2)16-19-43-33(39)22-44(41,42)27-11-10-24-8-6-7-9-25(24)20-27/h6-11,20,23,26,28-32,34-35,38,40H,5,12-19,21-22H2,1-4H3/t23-,26-,28-,29-,30+,31+,32+,34+,35-,36-,37-/m1/s1. The molecule has 2 aromatic carbocycles. The zero-order valence-corrected chi connectivity index (χ0v) is 27.8. The summed E-state index contributed by atoms with van der Waals surface area (Å²) in [7, 11) is -3.80. The summed E-state index contributed by atoms with van der Waals surface area (Å²) in [6.07, 6.45) is 8.46. The molecule has 4 fully saturated rings. The van der Waals surface area contributed by atoms with Crippen LogP contribution in [0.25, 0.3) is 10.8 Å². The maximum Gasteiger partial charge on any atom is 0.321 e. The Morgan fingerprint density at radius 2 is 1.66 bits per heavy atom. The topological polar surface area (TPSA) is 101 Å². The highest BCUT2D eigenvalue weighted by atomic mass is 32.2. The van der Waals surface area contributed by atoms with Crippen LogP contribution >= 0.6 is 0 Å². The van der Waals surface area contributed by atoms with E-state index in [1.807, 2.05) is 24.3 Å². The maximum atomic E-state index is 13.0. The van der Waals surface area contributed by atoms with Crippen molar-refractivity contribution in [2.45, 2.75) is 103 Å². The van der Waals surface area contributed by atoms with Gasteiger partial charge < -0.3 is 14.9 Å². The molecule has 6 nitrogen and oxygen atoms in total. The predicted octanol–water partition coefficient (Wildman–Crippen LogP) is 6.81. The molecule has 0 radical (unpaired) electrons. The normalized spacial score (nSPS) is 39.2. The molecule has 0 aliphatic heterocycles. The number of carbonyl (C=O) groups is 1. The lowest BCUT2D eigenvalue weighted by Crippen LogP contribution is -2.62. The van der Waals surface area contributed by atoms with Crippen LogP contribution in [0.5, 0.6) is 0 Å². The van der Waals surface area contributed by atoms with E-state index in [1.165, 1.54) is 0 Å². The van der Waals surface area contributed by atoms with Gasteiger partial charge in [0.1, 0.15) is 0 Å². The molecule has 11 atom stereocenters. The van der Waals surface area contributed by atoms with Crippen LogP contribution in [0.15, 0.2) is 47.4 Å². The lowest BCUT2D eigenvalue weighted by molar-refractivity contribution is -0.203. The molecule has 44 heavy (non-hydrogen) atoms. The number of hydrogen-bond acceptors (Lipinski definition) is 6. The number of benzene rings is 2. The summed E-state index contributed by atoms with van der Waals surface area (Å²) < 4.78 is 31.5. The van der Waals surface area contributed by atoms with Gasteiger partial charge in [-0.25, -0.2) is 8.42 Å². The van der Waals surface area contributed by atoms with E-state index in [0.717, 1.165) is 62.1 Å². The molecule has 2 aromatic rings. The van der Waals surface area contributed by atoms with Crippen molar-refractivity contribution in [2.75, 3.05) is 12.4 Å². The Morgan fingerprint density at radius 1 is 0.955 bits per heavy atom. The number of hydrogen-bond donors (Lipinski definition) is 2. The summed E-state index contributed by atoms with van der Waals surface area (Å²) in [6, 6.07) is 12.5. The number of carbonyl (C=O) groups excluding carboxylic acids is 1. The van der Waals surface area contributed by atoms with Crippen molar-refractivity contribution in [3.63, 3.8) is 0 Å². The molecule has 4 saturated carbocycles. The van der Waals surface area contributed by atoms with Crippen molar-refractivity contribution in [1.29, 1.82) is 0 Å². The van der Waals surface area contributed by atoms with Crippen molar-refractivity contribution in [1.82, 2.24) is 0 Å². The van der Waals surface area contributed by atoms with Crippen molar-refractivity contribution < 1.29 is 28.2 Å². The van der Waals surface area contributed by atoms with Crippen molar-refractivity contribution >= 4 is 26.6 Å². The molecule has 0 spiro atoms. The van der Waals surface area contributed by atoms with E-state index in [4.69, 9.17) is 4.74 Å². The molecular formula is C37H52O6S. The third-order valence-corrected chi connectivity index (χ3v) is 15.0. The van der Waals surface area contributed by atoms with Crippen LogP contribution in [0.2, 0.25) is 0 Å². The minimum Gasteiger partial charge on any atom is -0.465 e. The minimum atomic E-state index is -3.80. The Bertz CT molecular complexity index is 1470. The molecule has 0 heterocycles. The van der Waals surface area contributed by atoms with E-state index in [0.29, 0.717) is 41.9 Å². The lowest BCUT2D eigenvalue weighted by atomic mass is 9.41.